The molecule has 1 saturated carbocycles. The minimum absolute atomic E-state index is 0.156. The first kappa shape index (κ1) is 10.9. The van der Waals surface area contributed by atoms with Crippen LogP contribution in [0.2, 0.25) is 0 Å². The number of rotatable bonds is 2. The van der Waals surface area contributed by atoms with Gasteiger partial charge in [-0.25, -0.2) is 0 Å². The smallest absolute Gasteiger partial charge is 0.225 e. The molecule has 0 aromatic heterocycles. The van der Waals surface area contributed by atoms with Gasteiger partial charge in [0.05, 0.1) is 0 Å². The number of likely N-dealkylation sites (tertiary alicyclic amines) is 1. The van der Waals surface area contributed by atoms with Crippen molar-refractivity contribution in [2.45, 2.75) is 51.6 Å². The lowest BCUT2D eigenvalue weighted by molar-refractivity contribution is -0.131. The molecular weight excluding hydrogens is 188 g/mol. The van der Waals surface area contributed by atoms with Crippen LogP contribution in [-0.4, -0.2) is 35.5 Å². The average Bonchev–Trinajstić information content (AvgIpc) is 2.85. The van der Waals surface area contributed by atoms with E-state index >= 15 is 0 Å². The second-order valence-corrected chi connectivity index (χ2v) is 5.94. The van der Waals surface area contributed by atoms with Crippen LogP contribution >= 0.6 is 0 Å². The molecule has 0 aromatic carbocycles. The molecule has 1 amide bonds. The van der Waals surface area contributed by atoms with Crippen molar-refractivity contribution in [1.29, 1.82) is 0 Å². The molecule has 1 heterocycles. The summed E-state index contributed by atoms with van der Waals surface area (Å²) >= 11 is 0. The highest BCUT2D eigenvalue weighted by Gasteiger charge is 2.37. The Morgan fingerprint density at radius 2 is 1.93 bits per heavy atom. The van der Waals surface area contributed by atoms with E-state index in [0.29, 0.717) is 17.9 Å². The van der Waals surface area contributed by atoms with E-state index < -0.39 is 0 Å². The predicted octanol–water partition coefficient (Wildman–Crippen LogP) is 1.39. The summed E-state index contributed by atoms with van der Waals surface area (Å²) < 4.78 is 0. The van der Waals surface area contributed by atoms with Crippen LogP contribution in [0.15, 0.2) is 0 Å². The van der Waals surface area contributed by atoms with Crippen LogP contribution in [0.25, 0.3) is 0 Å². The van der Waals surface area contributed by atoms with E-state index in [1.54, 1.807) is 0 Å². The topological polar surface area (TPSA) is 32.3 Å². The number of nitrogens with zero attached hydrogens (tertiary/aromatic N) is 1. The molecule has 0 aromatic rings. The van der Waals surface area contributed by atoms with Gasteiger partial charge in [0.25, 0.3) is 0 Å². The first-order valence-electron chi connectivity index (χ1n) is 6.02. The second kappa shape index (κ2) is 3.78. The summed E-state index contributed by atoms with van der Waals surface area (Å²) in [7, 11) is 0. The number of nitrogens with one attached hydrogen (secondary N) is 1. The molecule has 2 fully saturated rings. The molecule has 1 N–H and O–H groups in total. The fourth-order valence-electron chi connectivity index (χ4n) is 2.28. The summed E-state index contributed by atoms with van der Waals surface area (Å²) in [6.45, 7) is 8.39. The van der Waals surface area contributed by atoms with Gasteiger partial charge >= 0.3 is 0 Å². The van der Waals surface area contributed by atoms with Crippen LogP contribution in [0.4, 0.5) is 0 Å². The fraction of sp³-hybridized carbons (Fsp3) is 0.917. The summed E-state index contributed by atoms with van der Waals surface area (Å²) in [5.74, 6) is 0.770. The minimum Gasteiger partial charge on any atom is -0.341 e. The van der Waals surface area contributed by atoms with Gasteiger partial charge in [-0.05, 0) is 40.0 Å². The maximum atomic E-state index is 11.8. The van der Waals surface area contributed by atoms with Crippen LogP contribution in [-0.2, 0) is 4.79 Å². The summed E-state index contributed by atoms with van der Waals surface area (Å²) in [6, 6.07) is 0.493. The summed E-state index contributed by atoms with van der Waals surface area (Å²) in [5, 5.41) is 3.57. The molecule has 0 radical (unpaired) electrons. The van der Waals surface area contributed by atoms with Crippen molar-refractivity contribution in [3.63, 3.8) is 0 Å². The van der Waals surface area contributed by atoms with Crippen molar-refractivity contribution in [2.24, 2.45) is 5.92 Å². The van der Waals surface area contributed by atoms with Crippen molar-refractivity contribution in [2.75, 3.05) is 13.1 Å². The Balaban J connectivity index is 1.81. The van der Waals surface area contributed by atoms with E-state index in [1.165, 1.54) is 0 Å². The van der Waals surface area contributed by atoms with Gasteiger partial charge in [-0.2, -0.15) is 0 Å². The van der Waals surface area contributed by atoms with Gasteiger partial charge in [0, 0.05) is 30.6 Å². The Morgan fingerprint density at radius 3 is 2.47 bits per heavy atom. The first-order valence-corrected chi connectivity index (χ1v) is 6.02. The third-order valence-corrected chi connectivity index (χ3v) is 3.06. The van der Waals surface area contributed by atoms with Gasteiger partial charge < -0.3 is 10.2 Å². The number of carbonyl (C=O) groups is 1. The SMILES string of the molecule is CC(C)(C)NC1CCN(C(=O)C2CC2)C1. The van der Waals surface area contributed by atoms with E-state index in [2.05, 4.69) is 26.1 Å². The second-order valence-electron chi connectivity index (χ2n) is 5.94. The Hall–Kier alpha value is -0.570. The van der Waals surface area contributed by atoms with Crippen molar-refractivity contribution in [1.82, 2.24) is 10.2 Å². The average molecular weight is 210 g/mol. The molecule has 0 spiro atoms. The molecule has 3 nitrogen and oxygen atoms in total. The molecule has 15 heavy (non-hydrogen) atoms. The summed E-state index contributed by atoms with van der Waals surface area (Å²) in [6.07, 6.45) is 3.34. The number of hydrogen-bond acceptors (Lipinski definition) is 2. The van der Waals surface area contributed by atoms with Crippen LogP contribution < -0.4 is 5.32 Å². The molecule has 1 saturated heterocycles. The Labute approximate surface area is 92.2 Å². The third kappa shape index (κ3) is 2.94. The predicted molar refractivity (Wildman–Crippen MR) is 60.6 cm³/mol. The third-order valence-electron chi connectivity index (χ3n) is 3.06. The lowest BCUT2D eigenvalue weighted by Crippen LogP contribution is -2.45. The highest BCUT2D eigenvalue weighted by atomic mass is 16.2. The zero-order valence-corrected chi connectivity index (χ0v) is 10.0. The molecule has 2 aliphatic rings. The standard InChI is InChI=1S/C12H22N2O/c1-12(2,3)13-10-6-7-14(8-10)11(15)9-4-5-9/h9-10,13H,4-8H2,1-3H3. The van der Waals surface area contributed by atoms with Crippen LogP contribution in [0.3, 0.4) is 0 Å². The lowest BCUT2D eigenvalue weighted by Gasteiger charge is -2.26. The minimum atomic E-state index is 0.156. The molecule has 2 rings (SSSR count). The van der Waals surface area contributed by atoms with E-state index in [0.717, 1.165) is 32.4 Å². The quantitative estimate of drug-likeness (QED) is 0.747. The molecule has 86 valence electrons. The monoisotopic (exact) mass is 210 g/mol. The van der Waals surface area contributed by atoms with Gasteiger partial charge in [-0.1, -0.05) is 0 Å². The van der Waals surface area contributed by atoms with Crippen LogP contribution in [0.5, 0.6) is 0 Å². The zero-order valence-electron chi connectivity index (χ0n) is 10.0. The highest BCUT2D eigenvalue weighted by Crippen LogP contribution is 2.32. The van der Waals surface area contributed by atoms with Crippen LogP contribution in [0, 0.1) is 5.92 Å². The molecule has 1 unspecified atom stereocenters. The van der Waals surface area contributed by atoms with Crippen molar-refractivity contribution < 1.29 is 4.79 Å². The highest BCUT2D eigenvalue weighted by molar-refractivity contribution is 5.81. The normalized spacial score (nSPS) is 27.1. The zero-order chi connectivity index (χ0) is 11.1. The summed E-state index contributed by atoms with van der Waals surface area (Å²) in [4.78, 5) is 13.9. The molecule has 1 aliphatic carbocycles. The van der Waals surface area contributed by atoms with Gasteiger partial charge in [-0.15, -0.1) is 0 Å². The van der Waals surface area contributed by atoms with E-state index in [-0.39, 0.29) is 5.54 Å². The largest absolute Gasteiger partial charge is 0.341 e. The first-order chi connectivity index (χ1) is 6.96. The molecular formula is C12H22N2O. The van der Waals surface area contributed by atoms with Gasteiger partial charge in [0.15, 0.2) is 0 Å². The maximum Gasteiger partial charge on any atom is 0.225 e. The summed E-state index contributed by atoms with van der Waals surface area (Å²) in [5.41, 5.74) is 0.156. The van der Waals surface area contributed by atoms with E-state index in [4.69, 9.17) is 0 Å². The van der Waals surface area contributed by atoms with Crippen LogP contribution in [0.1, 0.15) is 40.0 Å². The fourth-order valence-corrected chi connectivity index (χ4v) is 2.28. The lowest BCUT2D eigenvalue weighted by atomic mass is 10.1. The molecule has 3 heteroatoms. The van der Waals surface area contributed by atoms with Gasteiger partial charge in [0.2, 0.25) is 5.91 Å². The molecule has 1 atom stereocenters. The number of carbonyl (C=O) groups excluding carboxylic acids is 1. The van der Waals surface area contributed by atoms with Gasteiger partial charge in [-0.3, -0.25) is 4.79 Å². The van der Waals surface area contributed by atoms with Crippen molar-refractivity contribution in [3.05, 3.63) is 0 Å². The number of hydrogen-bond donors (Lipinski definition) is 1. The molecule has 1 aliphatic heterocycles. The Kier molecular flexibility index (Phi) is 2.75. The van der Waals surface area contributed by atoms with Gasteiger partial charge in [0.1, 0.15) is 0 Å². The number of amides is 1. The Bertz CT molecular complexity index is 253. The maximum absolute atomic E-state index is 11.8. The molecule has 0 bridgehead atoms. The van der Waals surface area contributed by atoms with Crippen molar-refractivity contribution in [3.8, 4) is 0 Å². The van der Waals surface area contributed by atoms with E-state index in [1.807, 2.05) is 4.90 Å². The van der Waals surface area contributed by atoms with Crippen molar-refractivity contribution >= 4 is 5.91 Å². The Morgan fingerprint density at radius 1 is 1.27 bits per heavy atom. The van der Waals surface area contributed by atoms with E-state index in [9.17, 15) is 4.79 Å².